The zero-order valence-electron chi connectivity index (χ0n) is 10.3. The lowest BCUT2D eigenvalue weighted by Crippen LogP contribution is -2.14. The molecule has 0 aliphatic heterocycles. The molecule has 100 valence electrons. The first-order chi connectivity index (χ1) is 8.99. The molecular weight excluding hydrogens is 330 g/mol. The molecule has 0 aliphatic rings. The molecule has 0 unspecified atom stereocenters. The summed E-state index contributed by atoms with van der Waals surface area (Å²) in [7, 11) is 0. The number of nitrogens with zero attached hydrogens (tertiary/aromatic N) is 3. The fraction of sp³-hybridized carbons (Fsp3) is 0.273. The lowest BCUT2D eigenvalue weighted by atomic mass is 10.1. The Balaban J connectivity index is 2.23. The van der Waals surface area contributed by atoms with E-state index in [1.165, 1.54) is 6.20 Å². The average molecular weight is 342 g/mol. The van der Waals surface area contributed by atoms with Gasteiger partial charge >= 0.3 is 0 Å². The van der Waals surface area contributed by atoms with Crippen molar-refractivity contribution in [1.29, 1.82) is 0 Å². The summed E-state index contributed by atoms with van der Waals surface area (Å²) >= 11 is 4.37. The quantitative estimate of drug-likeness (QED) is 0.894. The number of hydrogen-bond acceptors (Lipinski definition) is 6. The number of aromatic nitrogens is 3. The third-order valence-electron chi connectivity index (χ3n) is 2.36. The minimum atomic E-state index is -0.267. The van der Waals surface area contributed by atoms with Crippen LogP contribution in [0.4, 0.5) is 11.5 Å². The summed E-state index contributed by atoms with van der Waals surface area (Å²) in [6, 6.07) is 1.68. The Bertz CT molecular complexity index is 613. The van der Waals surface area contributed by atoms with Crippen molar-refractivity contribution in [2.75, 3.05) is 11.1 Å². The number of nitrogen functional groups attached to an aromatic ring is 1. The second-order valence-corrected chi connectivity index (χ2v) is 5.80. The molecule has 19 heavy (non-hydrogen) atoms. The van der Waals surface area contributed by atoms with Gasteiger partial charge in [-0.15, -0.1) is 5.10 Å². The Kier molecular flexibility index (Phi) is 4.11. The van der Waals surface area contributed by atoms with Crippen LogP contribution in [-0.4, -0.2) is 20.5 Å². The fourth-order valence-electron chi connectivity index (χ4n) is 1.44. The minimum Gasteiger partial charge on any atom is -0.397 e. The average Bonchev–Trinajstić information content (AvgIpc) is 2.82. The van der Waals surface area contributed by atoms with Gasteiger partial charge in [-0.05, 0) is 39.4 Å². The van der Waals surface area contributed by atoms with Crippen LogP contribution in [0, 0.1) is 0 Å². The molecule has 0 spiro atoms. The number of halogens is 1. The zero-order valence-corrected chi connectivity index (χ0v) is 12.7. The van der Waals surface area contributed by atoms with Gasteiger partial charge in [0.1, 0.15) is 10.7 Å². The van der Waals surface area contributed by atoms with Crippen molar-refractivity contribution in [3.63, 3.8) is 0 Å². The van der Waals surface area contributed by atoms with Gasteiger partial charge in [0.2, 0.25) is 0 Å². The summed E-state index contributed by atoms with van der Waals surface area (Å²) in [5, 5.41) is 6.68. The number of carbonyl (C=O) groups is 1. The molecule has 8 heteroatoms. The zero-order chi connectivity index (χ0) is 14.0. The summed E-state index contributed by atoms with van der Waals surface area (Å²) in [4.78, 5) is 16.7. The van der Waals surface area contributed by atoms with E-state index < -0.39 is 0 Å². The Labute approximate surface area is 122 Å². The molecule has 0 fully saturated rings. The first-order valence-corrected chi connectivity index (χ1v) is 7.10. The molecule has 1 amide bonds. The lowest BCUT2D eigenvalue weighted by molar-refractivity contribution is 0.102. The molecule has 0 bridgehead atoms. The Morgan fingerprint density at radius 3 is 2.89 bits per heavy atom. The molecule has 3 N–H and O–H groups in total. The van der Waals surface area contributed by atoms with Crippen LogP contribution < -0.4 is 11.1 Å². The molecule has 0 radical (unpaired) electrons. The number of nitrogens with two attached hydrogens (primary N) is 1. The number of carbonyl (C=O) groups excluding carboxylic acids is 1. The summed E-state index contributed by atoms with van der Waals surface area (Å²) in [5.41, 5.74) is 6.80. The first-order valence-electron chi connectivity index (χ1n) is 5.53. The van der Waals surface area contributed by atoms with E-state index in [9.17, 15) is 4.79 Å². The predicted molar refractivity (Wildman–Crippen MR) is 78.3 cm³/mol. The van der Waals surface area contributed by atoms with E-state index in [0.29, 0.717) is 26.5 Å². The third-order valence-corrected chi connectivity index (χ3v) is 3.71. The van der Waals surface area contributed by atoms with E-state index in [0.717, 1.165) is 11.5 Å². The number of pyridine rings is 1. The highest BCUT2D eigenvalue weighted by atomic mass is 79.9. The molecule has 0 saturated carbocycles. The summed E-state index contributed by atoms with van der Waals surface area (Å²) < 4.78 is 4.45. The smallest absolute Gasteiger partial charge is 0.270 e. The van der Waals surface area contributed by atoms with Crippen LogP contribution in [0.3, 0.4) is 0 Å². The summed E-state index contributed by atoms with van der Waals surface area (Å²) in [6.07, 6.45) is 1.48. The number of nitrogens with one attached hydrogen (secondary N) is 1. The molecule has 0 aliphatic carbocycles. The van der Waals surface area contributed by atoms with E-state index in [2.05, 4.69) is 35.8 Å². The SMILES string of the molecule is CC(C)c1nnsc1C(=O)Nc1ncc(N)cc1Br. The molecule has 0 saturated heterocycles. The molecule has 0 atom stereocenters. The number of amides is 1. The van der Waals surface area contributed by atoms with Crippen molar-refractivity contribution < 1.29 is 4.79 Å². The Hall–Kier alpha value is -1.54. The topological polar surface area (TPSA) is 93.8 Å². The van der Waals surface area contributed by atoms with Gasteiger partial charge in [-0.1, -0.05) is 18.3 Å². The van der Waals surface area contributed by atoms with Gasteiger partial charge in [-0.3, -0.25) is 4.79 Å². The minimum absolute atomic E-state index is 0.141. The Morgan fingerprint density at radius 2 is 2.26 bits per heavy atom. The van der Waals surface area contributed by atoms with Crippen LogP contribution in [0.15, 0.2) is 16.7 Å². The second-order valence-electron chi connectivity index (χ2n) is 4.20. The molecule has 2 rings (SSSR count). The number of hydrogen-bond donors (Lipinski definition) is 2. The van der Waals surface area contributed by atoms with Gasteiger partial charge in [0.15, 0.2) is 0 Å². The van der Waals surface area contributed by atoms with Crippen molar-refractivity contribution in [2.45, 2.75) is 19.8 Å². The molecule has 0 aromatic carbocycles. The lowest BCUT2D eigenvalue weighted by Gasteiger charge is -2.07. The number of rotatable bonds is 3. The highest BCUT2D eigenvalue weighted by Crippen LogP contribution is 2.24. The predicted octanol–water partition coefficient (Wildman–Crippen LogP) is 2.65. The third kappa shape index (κ3) is 3.07. The molecule has 2 aromatic heterocycles. The van der Waals surface area contributed by atoms with E-state index >= 15 is 0 Å². The molecular formula is C11H12BrN5OS. The normalized spacial score (nSPS) is 10.7. The van der Waals surface area contributed by atoms with Gasteiger partial charge in [0.25, 0.3) is 5.91 Å². The molecule has 2 aromatic rings. The second kappa shape index (κ2) is 5.62. The molecule has 2 heterocycles. The van der Waals surface area contributed by atoms with E-state index in [-0.39, 0.29) is 11.8 Å². The first kappa shape index (κ1) is 13.9. The van der Waals surface area contributed by atoms with Gasteiger partial charge in [0.05, 0.1) is 22.1 Å². The monoisotopic (exact) mass is 341 g/mol. The maximum Gasteiger partial charge on any atom is 0.270 e. The van der Waals surface area contributed by atoms with Gasteiger partial charge in [0, 0.05) is 0 Å². The van der Waals surface area contributed by atoms with Crippen LogP contribution in [-0.2, 0) is 0 Å². The van der Waals surface area contributed by atoms with Crippen molar-refractivity contribution in [2.24, 2.45) is 0 Å². The maximum absolute atomic E-state index is 12.2. The number of anilines is 2. The van der Waals surface area contributed by atoms with Crippen molar-refractivity contribution in [3.8, 4) is 0 Å². The van der Waals surface area contributed by atoms with Gasteiger partial charge in [-0.25, -0.2) is 4.98 Å². The fourth-order valence-corrected chi connectivity index (χ4v) is 2.62. The van der Waals surface area contributed by atoms with Crippen molar-refractivity contribution in [3.05, 3.63) is 27.3 Å². The summed E-state index contributed by atoms with van der Waals surface area (Å²) in [6.45, 7) is 3.93. The van der Waals surface area contributed by atoms with Crippen LogP contribution in [0.25, 0.3) is 0 Å². The van der Waals surface area contributed by atoms with Crippen molar-refractivity contribution >= 4 is 44.9 Å². The van der Waals surface area contributed by atoms with E-state index in [1.54, 1.807) is 6.07 Å². The van der Waals surface area contributed by atoms with Crippen LogP contribution in [0.1, 0.15) is 35.1 Å². The van der Waals surface area contributed by atoms with Gasteiger partial charge in [-0.2, -0.15) is 0 Å². The van der Waals surface area contributed by atoms with Crippen LogP contribution >= 0.6 is 27.5 Å². The largest absolute Gasteiger partial charge is 0.397 e. The maximum atomic E-state index is 12.2. The summed E-state index contributed by atoms with van der Waals surface area (Å²) in [5.74, 6) is 0.293. The van der Waals surface area contributed by atoms with E-state index in [1.807, 2.05) is 13.8 Å². The molecule has 6 nitrogen and oxygen atoms in total. The highest BCUT2D eigenvalue weighted by molar-refractivity contribution is 9.10. The highest BCUT2D eigenvalue weighted by Gasteiger charge is 2.19. The van der Waals surface area contributed by atoms with Crippen LogP contribution in [0.5, 0.6) is 0 Å². The van der Waals surface area contributed by atoms with Crippen LogP contribution in [0.2, 0.25) is 0 Å². The Morgan fingerprint density at radius 1 is 1.53 bits per heavy atom. The standard InChI is InChI=1S/C11H12BrN5OS/c1-5(2)8-9(19-17-16-8)11(18)15-10-7(12)3-6(13)4-14-10/h3-5H,13H2,1-2H3,(H,14,15,18). The van der Waals surface area contributed by atoms with Gasteiger partial charge < -0.3 is 11.1 Å². The van der Waals surface area contributed by atoms with E-state index in [4.69, 9.17) is 5.73 Å². The van der Waals surface area contributed by atoms with Crippen molar-refractivity contribution in [1.82, 2.24) is 14.6 Å².